The lowest BCUT2D eigenvalue weighted by molar-refractivity contribution is 0.373. The highest BCUT2D eigenvalue weighted by atomic mass is 16.5. The molecule has 0 unspecified atom stereocenters. The molecule has 3 aromatic heterocycles. The van der Waals surface area contributed by atoms with Gasteiger partial charge in [0.1, 0.15) is 5.75 Å². The fraction of sp³-hybridized carbons (Fsp3) is 0.333. The molecule has 1 aliphatic carbocycles. The molecule has 4 aromatic rings. The van der Waals surface area contributed by atoms with Crippen LogP contribution in [0.5, 0.6) is 5.75 Å². The monoisotopic (exact) mass is 444 g/mol. The molecule has 5 rings (SSSR count). The van der Waals surface area contributed by atoms with Crippen LogP contribution in [0.25, 0.3) is 22.5 Å². The maximum Gasteiger partial charge on any atom is 0.227 e. The Morgan fingerprint density at radius 3 is 2.70 bits per heavy atom. The Kier molecular flexibility index (Phi) is 5.55. The Morgan fingerprint density at radius 1 is 1.12 bits per heavy atom. The number of methoxy groups -OCH3 is 1. The highest BCUT2D eigenvalue weighted by Crippen LogP contribution is 2.40. The van der Waals surface area contributed by atoms with Gasteiger partial charge in [0.05, 0.1) is 42.6 Å². The number of nitrogens with zero attached hydrogens (tertiary/aromatic N) is 7. The first kappa shape index (κ1) is 21.1. The highest BCUT2D eigenvalue weighted by molar-refractivity contribution is 5.84. The van der Waals surface area contributed by atoms with Crippen LogP contribution in [-0.4, -0.2) is 62.2 Å². The van der Waals surface area contributed by atoms with E-state index in [0.29, 0.717) is 5.95 Å². The third-order valence-corrected chi connectivity index (χ3v) is 5.88. The largest absolute Gasteiger partial charge is 0.497 e. The number of likely N-dealkylation sites (N-methyl/N-ethyl adjacent to an activating group) is 1. The molecule has 0 saturated carbocycles. The summed E-state index contributed by atoms with van der Waals surface area (Å²) >= 11 is 0. The molecule has 0 saturated heterocycles. The number of hydrogen-bond donors (Lipinski definition) is 1. The summed E-state index contributed by atoms with van der Waals surface area (Å²) in [6.07, 6.45) is 7.46. The minimum absolute atomic E-state index is 0.554. The van der Waals surface area contributed by atoms with Gasteiger partial charge in [-0.05, 0) is 56.8 Å². The number of aromatic nitrogens is 6. The van der Waals surface area contributed by atoms with Crippen molar-refractivity contribution < 1.29 is 4.74 Å². The van der Waals surface area contributed by atoms with Crippen LogP contribution in [0.1, 0.15) is 11.3 Å². The van der Waals surface area contributed by atoms with Crippen LogP contribution < -0.4 is 10.1 Å². The summed E-state index contributed by atoms with van der Waals surface area (Å²) in [6, 6.07) is 8.07. The Morgan fingerprint density at radius 2 is 1.94 bits per heavy atom. The van der Waals surface area contributed by atoms with E-state index in [9.17, 15) is 0 Å². The van der Waals surface area contributed by atoms with E-state index in [0.717, 1.165) is 71.1 Å². The van der Waals surface area contributed by atoms with Gasteiger partial charge in [0.25, 0.3) is 0 Å². The first-order valence-corrected chi connectivity index (χ1v) is 11.0. The van der Waals surface area contributed by atoms with Crippen molar-refractivity contribution in [3.63, 3.8) is 0 Å². The summed E-state index contributed by atoms with van der Waals surface area (Å²) in [6.45, 7) is 1.75. The van der Waals surface area contributed by atoms with E-state index >= 15 is 0 Å². The zero-order chi connectivity index (χ0) is 22.9. The van der Waals surface area contributed by atoms with Gasteiger partial charge in [-0.15, -0.1) is 0 Å². The molecule has 0 radical (unpaired) electrons. The third kappa shape index (κ3) is 4.19. The molecule has 0 aliphatic heterocycles. The molecular weight excluding hydrogens is 416 g/mol. The lowest BCUT2D eigenvalue weighted by Gasteiger charge is -2.17. The van der Waals surface area contributed by atoms with E-state index < -0.39 is 0 Å². The molecule has 0 amide bonds. The summed E-state index contributed by atoms with van der Waals surface area (Å²) in [5.41, 5.74) is 7.22. The molecule has 0 bridgehead atoms. The van der Waals surface area contributed by atoms with Crippen molar-refractivity contribution in [2.75, 3.05) is 33.1 Å². The number of hydrogen-bond acceptors (Lipinski definition) is 7. The van der Waals surface area contributed by atoms with E-state index in [1.54, 1.807) is 13.3 Å². The molecular formula is C24H28N8O. The summed E-state index contributed by atoms with van der Waals surface area (Å²) in [5.74, 6) is 1.38. The molecule has 9 heteroatoms. The molecule has 1 aliphatic rings. The second-order valence-electron chi connectivity index (χ2n) is 8.51. The van der Waals surface area contributed by atoms with Crippen LogP contribution in [-0.2, 0) is 26.4 Å². The van der Waals surface area contributed by atoms with Crippen molar-refractivity contribution in [2.45, 2.75) is 19.4 Å². The average molecular weight is 445 g/mol. The summed E-state index contributed by atoms with van der Waals surface area (Å²) in [5, 5.41) is 12.5. The number of aryl methyl sites for hydroxylation is 3. The van der Waals surface area contributed by atoms with Crippen LogP contribution in [0.15, 0.2) is 42.9 Å². The molecule has 0 atom stereocenters. The lowest BCUT2D eigenvalue weighted by Crippen LogP contribution is -2.18. The van der Waals surface area contributed by atoms with Gasteiger partial charge in [0, 0.05) is 37.1 Å². The van der Waals surface area contributed by atoms with Crippen LogP contribution in [0.2, 0.25) is 0 Å². The minimum atomic E-state index is 0.554. The topological polar surface area (TPSA) is 85.9 Å². The molecule has 1 aromatic carbocycles. The third-order valence-electron chi connectivity index (χ3n) is 5.88. The van der Waals surface area contributed by atoms with Crippen molar-refractivity contribution in [3.05, 3.63) is 54.1 Å². The minimum Gasteiger partial charge on any atom is -0.497 e. The molecule has 33 heavy (non-hydrogen) atoms. The molecule has 0 spiro atoms. The standard InChI is InChI=1S/C24H28N8O/c1-30(2)11-12-32-15-18(14-26-32)27-24-25-13-17-7-10-20-21(22(17)28-24)23(31(3)29-20)16-5-8-19(33-4)9-6-16/h5-6,8-9,13-15H,7,10-12H2,1-4H3,(H,25,27,28). The van der Waals surface area contributed by atoms with Crippen LogP contribution in [0.4, 0.5) is 11.6 Å². The summed E-state index contributed by atoms with van der Waals surface area (Å²) < 4.78 is 9.19. The fourth-order valence-corrected chi connectivity index (χ4v) is 4.18. The molecule has 9 nitrogen and oxygen atoms in total. The number of anilines is 2. The quantitative estimate of drug-likeness (QED) is 0.469. The van der Waals surface area contributed by atoms with Gasteiger partial charge >= 0.3 is 0 Å². The predicted molar refractivity (Wildman–Crippen MR) is 128 cm³/mol. The smallest absolute Gasteiger partial charge is 0.227 e. The maximum absolute atomic E-state index is 5.33. The summed E-state index contributed by atoms with van der Waals surface area (Å²) in [4.78, 5) is 11.6. The van der Waals surface area contributed by atoms with Gasteiger partial charge in [-0.3, -0.25) is 9.36 Å². The normalized spacial score (nSPS) is 12.5. The molecule has 3 heterocycles. The van der Waals surface area contributed by atoms with Gasteiger partial charge in [-0.2, -0.15) is 10.2 Å². The van der Waals surface area contributed by atoms with E-state index in [-0.39, 0.29) is 0 Å². The second kappa shape index (κ2) is 8.67. The Hall–Kier alpha value is -3.72. The van der Waals surface area contributed by atoms with Crippen molar-refractivity contribution in [1.82, 2.24) is 34.4 Å². The molecule has 1 N–H and O–H groups in total. The van der Waals surface area contributed by atoms with Crippen molar-refractivity contribution in [2.24, 2.45) is 7.05 Å². The van der Waals surface area contributed by atoms with Crippen molar-refractivity contribution in [3.8, 4) is 28.3 Å². The van der Waals surface area contributed by atoms with Gasteiger partial charge in [0.2, 0.25) is 5.95 Å². The maximum atomic E-state index is 5.33. The van der Waals surface area contributed by atoms with Crippen LogP contribution in [0.3, 0.4) is 0 Å². The van der Waals surface area contributed by atoms with Gasteiger partial charge < -0.3 is 15.0 Å². The van der Waals surface area contributed by atoms with E-state index in [1.165, 1.54) is 0 Å². The van der Waals surface area contributed by atoms with Crippen molar-refractivity contribution >= 4 is 11.6 Å². The first-order valence-electron chi connectivity index (χ1n) is 11.0. The second-order valence-corrected chi connectivity index (χ2v) is 8.51. The highest BCUT2D eigenvalue weighted by Gasteiger charge is 2.27. The first-order chi connectivity index (χ1) is 16.0. The fourth-order valence-electron chi connectivity index (χ4n) is 4.18. The number of ether oxygens (including phenoxy) is 1. The Labute approximate surface area is 193 Å². The van der Waals surface area contributed by atoms with Crippen LogP contribution in [0, 0.1) is 0 Å². The number of benzene rings is 1. The van der Waals surface area contributed by atoms with E-state index in [2.05, 4.69) is 46.5 Å². The predicted octanol–water partition coefficient (Wildman–Crippen LogP) is 3.15. The van der Waals surface area contributed by atoms with Crippen molar-refractivity contribution in [1.29, 1.82) is 0 Å². The average Bonchev–Trinajstić information content (AvgIpc) is 3.41. The summed E-state index contributed by atoms with van der Waals surface area (Å²) in [7, 11) is 7.77. The Bertz CT molecular complexity index is 1270. The van der Waals surface area contributed by atoms with Gasteiger partial charge in [-0.25, -0.2) is 9.97 Å². The van der Waals surface area contributed by atoms with Crippen LogP contribution >= 0.6 is 0 Å². The zero-order valence-electron chi connectivity index (χ0n) is 19.4. The molecule has 170 valence electrons. The Balaban J connectivity index is 1.48. The molecule has 0 fully saturated rings. The van der Waals surface area contributed by atoms with E-state index in [1.807, 2.05) is 40.9 Å². The number of rotatable bonds is 7. The number of nitrogens with one attached hydrogen (secondary N) is 1. The number of fused-ring (bicyclic) bond motifs is 3. The zero-order valence-corrected chi connectivity index (χ0v) is 19.4. The van der Waals surface area contributed by atoms with E-state index in [4.69, 9.17) is 14.8 Å². The van der Waals surface area contributed by atoms with Gasteiger partial charge in [0.15, 0.2) is 0 Å². The van der Waals surface area contributed by atoms with Gasteiger partial charge in [-0.1, -0.05) is 0 Å². The lowest BCUT2D eigenvalue weighted by atomic mass is 9.91. The SMILES string of the molecule is COc1ccc(-c2c3c(nn2C)CCc2cnc(Nc4cnn(CCN(C)C)c4)nc2-3)cc1.